The smallest absolute Gasteiger partial charge is 0.196 e. The van der Waals surface area contributed by atoms with Crippen molar-refractivity contribution < 1.29 is 9.36 Å². The number of anilines is 1. The minimum Gasteiger partial charge on any atom is -0.398 e. The molecule has 106 valence electrons. The number of hydrogen-bond donors (Lipinski definition) is 1. The number of nitrogens with zero attached hydrogens (tertiary/aromatic N) is 1. The zero-order valence-corrected chi connectivity index (χ0v) is 12.0. The van der Waals surface area contributed by atoms with E-state index in [1.165, 1.54) is 0 Å². The number of pyridine rings is 1. The standard InChI is InChI=1S/C19H14N2O/c20-16-7-9-21(10-8-16)12-15-11-14-5-1-3-13-4-2-6-17(18(13)14)19(15)22/h1-11,20H,12H2/p+1. The summed E-state index contributed by atoms with van der Waals surface area (Å²) in [5.74, 6) is 0.105. The zero-order chi connectivity index (χ0) is 15.1. The number of nitrogen functional groups attached to an aromatic ring is 1. The van der Waals surface area contributed by atoms with E-state index in [-0.39, 0.29) is 5.78 Å². The number of allylic oxidation sites excluding steroid dienone is 1. The van der Waals surface area contributed by atoms with Crippen LogP contribution in [0.2, 0.25) is 0 Å². The van der Waals surface area contributed by atoms with E-state index in [2.05, 4.69) is 6.07 Å². The summed E-state index contributed by atoms with van der Waals surface area (Å²) in [6, 6.07) is 15.7. The fraction of sp³-hybridized carbons (Fsp3) is 0.0526. The molecule has 1 heterocycles. The van der Waals surface area contributed by atoms with Crippen molar-refractivity contribution in [3.05, 3.63) is 77.6 Å². The molecule has 1 aliphatic rings. The fourth-order valence-electron chi connectivity index (χ4n) is 2.99. The van der Waals surface area contributed by atoms with Gasteiger partial charge >= 0.3 is 0 Å². The minimum absolute atomic E-state index is 0.105. The van der Waals surface area contributed by atoms with E-state index in [4.69, 9.17) is 5.73 Å². The minimum atomic E-state index is 0.105. The first-order chi connectivity index (χ1) is 10.7. The number of carbonyl (C=O) groups is 1. The molecule has 0 bridgehead atoms. The first kappa shape index (κ1) is 12.8. The van der Waals surface area contributed by atoms with E-state index in [9.17, 15) is 4.79 Å². The lowest BCUT2D eigenvalue weighted by Crippen LogP contribution is -2.35. The van der Waals surface area contributed by atoms with Crippen molar-refractivity contribution in [2.24, 2.45) is 0 Å². The molecule has 1 aliphatic carbocycles. The van der Waals surface area contributed by atoms with Crippen LogP contribution in [-0.4, -0.2) is 5.78 Å². The van der Waals surface area contributed by atoms with Gasteiger partial charge in [0.2, 0.25) is 0 Å². The molecule has 3 heteroatoms. The van der Waals surface area contributed by atoms with Crippen LogP contribution in [0.1, 0.15) is 15.9 Å². The van der Waals surface area contributed by atoms with Crippen LogP contribution in [0.25, 0.3) is 16.8 Å². The van der Waals surface area contributed by atoms with Crippen molar-refractivity contribution in [3.8, 4) is 0 Å². The summed E-state index contributed by atoms with van der Waals surface area (Å²) < 4.78 is 1.97. The van der Waals surface area contributed by atoms with E-state index < -0.39 is 0 Å². The summed E-state index contributed by atoms with van der Waals surface area (Å²) in [5, 5.41) is 2.17. The molecule has 2 aromatic carbocycles. The van der Waals surface area contributed by atoms with Crippen molar-refractivity contribution >= 4 is 28.3 Å². The van der Waals surface area contributed by atoms with Crippen LogP contribution in [0, 0.1) is 0 Å². The van der Waals surface area contributed by atoms with Crippen LogP contribution in [0.15, 0.2) is 66.5 Å². The van der Waals surface area contributed by atoms with E-state index in [0.717, 1.165) is 33.2 Å². The van der Waals surface area contributed by atoms with Gasteiger partial charge < -0.3 is 5.73 Å². The van der Waals surface area contributed by atoms with Crippen LogP contribution in [-0.2, 0) is 6.54 Å². The number of benzene rings is 2. The molecule has 0 atom stereocenters. The monoisotopic (exact) mass is 287 g/mol. The number of Topliss-reactive ketones (excluding diaryl/α,β-unsaturated/α-hetero) is 1. The Morgan fingerprint density at radius 2 is 1.68 bits per heavy atom. The van der Waals surface area contributed by atoms with Gasteiger partial charge in [0.05, 0.1) is 5.57 Å². The molecule has 1 aromatic heterocycles. The van der Waals surface area contributed by atoms with Crippen LogP contribution in [0.4, 0.5) is 5.69 Å². The first-order valence-corrected chi connectivity index (χ1v) is 7.24. The van der Waals surface area contributed by atoms with Crippen LogP contribution < -0.4 is 10.3 Å². The van der Waals surface area contributed by atoms with Crippen molar-refractivity contribution in [1.82, 2.24) is 0 Å². The van der Waals surface area contributed by atoms with E-state index in [0.29, 0.717) is 6.54 Å². The molecule has 2 N–H and O–H groups in total. The van der Waals surface area contributed by atoms with Crippen molar-refractivity contribution in [2.75, 3.05) is 5.73 Å². The Hall–Kier alpha value is -2.94. The van der Waals surface area contributed by atoms with Gasteiger partial charge in [-0.1, -0.05) is 36.4 Å². The molecule has 22 heavy (non-hydrogen) atoms. The molecular weight excluding hydrogens is 272 g/mol. The molecule has 0 radical (unpaired) electrons. The highest BCUT2D eigenvalue weighted by molar-refractivity contribution is 6.22. The molecule has 0 aliphatic heterocycles. The molecule has 4 rings (SSSR count). The predicted molar refractivity (Wildman–Crippen MR) is 87.3 cm³/mol. The summed E-state index contributed by atoms with van der Waals surface area (Å²) in [5.41, 5.74) is 9.12. The second kappa shape index (κ2) is 4.81. The Kier molecular flexibility index (Phi) is 2.79. The maximum atomic E-state index is 12.8. The lowest BCUT2D eigenvalue weighted by Gasteiger charge is -2.15. The summed E-state index contributed by atoms with van der Waals surface area (Å²) in [6.07, 6.45) is 5.79. The van der Waals surface area contributed by atoms with Crippen molar-refractivity contribution in [1.29, 1.82) is 0 Å². The Morgan fingerprint density at radius 1 is 0.955 bits per heavy atom. The Morgan fingerprint density at radius 3 is 2.45 bits per heavy atom. The van der Waals surface area contributed by atoms with Crippen molar-refractivity contribution in [3.63, 3.8) is 0 Å². The quantitative estimate of drug-likeness (QED) is 0.737. The Labute approximate surface area is 128 Å². The Balaban J connectivity index is 1.82. The topological polar surface area (TPSA) is 47.0 Å². The summed E-state index contributed by atoms with van der Waals surface area (Å²) in [7, 11) is 0. The SMILES string of the molecule is Nc1cc[n+](CC2=Cc3cccc4cccc(c34)C2=O)cc1. The lowest BCUT2D eigenvalue weighted by atomic mass is 9.88. The number of rotatable bonds is 2. The van der Waals surface area contributed by atoms with Gasteiger partial charge in [-0.15, -0.1) is 0 Å². The van der Waals surface area contributed by atoms with Crippen LogP contribution >= 0.6 is 0 Å². The number of nitrogens with two attached hydrogens (primary N) is 1. The largest absolute Gasteiger partial charge is 0.398 e. The third kappa shape index (κ3) is 1.99. The van der Waals surface area contributed by atoms with Gasteiger partial charge in [0.1, 0.15) is 0 Å². The molecule has 0 fully saturated rings. The number of hydrogen-bond acceptors (Lipinski definition) is 2. The van der Waals surface area contributed by atoms with Gasteiger partial charge in [0, 0.05) is 28.8 Å². The predicted octanol–water partition coefficient (Wildman–Crippen LogP) is 2.99. The Bertz CT molecular complexity index is 919. The average molecular weight is 287 g/mol. The average Bonchev–Trinajstić information content (AvgIpc) is 2.54. The highest BCUT2D eigenvalue weighted by atomic mass is 16.1. The highest BCUT2D eigenvalue weighted by Crippen LogP contribution is 2.31. The second-order valence-corrected chi connectivity index (χ2v) is 5.55. The van der Waals surface area contributed by atoms with Gasteiger partial charge in [-0.05, 0) is 17.0 Å². The maximum absolute atomic E-state index is 12.8. The van der Waals surface area contributed by atoms with Gasteiger partial charge in [-0.2, -0.15) is 0 Å². The maximum Gasteiger partial charge on any atom is 0.196 e. The molecule has 3 aromatic rings. The molecule has 0 unspecified atom stereocenters. The summed E-state index contributed by atoms with van der Waals surface area (Å²) in [4.78, 5) is 12.8. The summed E-state index contributed by atoms with van der Waals surface area (Å²) >= 11 is 0. The third-order valence-corrected chi connectivity index (χ3v) is 4.07. The normalized spacial score (nSPS) is 13.3. The number of aromatic nitrogens is 1. The van der Waals surface area contributed by atoms with E-state index in [1.807, 2.05) is 65.5 Å². The van der Waals surface area contributed by atoms with Crippen LogP contribution in [0.3, 0.4) is 0 Å². The van der Waals surface area contributed by atoms with Crippen molar-refractivity contribution in [2.45, 2.75) is 6.54 Å². The van der Waals surface area contributed by atoms with E-state index >= 15 is 0 Å². The van der Waals surface area contributed by atoms with Gasteiger partial charge in [0.25, 0.3) is 0 Å². The molecule has 0 spiro atoms. The van der Waals surface area contributed by atoms with Gasteiger partial charge in [-0.3, -0.25) is 4.79 Å². The highest BCUT2D eigenvalue weighted by Gasteiger charge is 2.23. The molecule has 0 saturated heterocycles. The van der Waals surface area contributed by atoms with Gasteiger partial charge in [-0.25, -0.2) is 4.57 Å². The first-order valence-electron chi connectivity index (χ1n) is 7.24. The van der Waals surface area contributed by atoms with Gasteiger partial charge in [0.15, 0.2) is 24.7 Å². The molecule has 3 nitrogen and oxygen atoms in total. The van der Waals surface area contributed by atoms with E-state index in [1.54, 1.807) is 0 Å². The zero-order valence-electron chi connectivity index (χ0n) is 12.0. The fourth-order valence-corrected chi connectivity index (χ4v) is 2.99. The number of carbonyl (C=O) groups excluding carboxylic acids is 1. The molecule has 0 amide bonds. The summed E-state index contributed by atoms with van der Waals surface area (Å²) in [6.45, 7) is 0.545. The molecule has 0 saturated carbocycles. The lowest BCUT2D eigenvalue weighted by molar-refractivity contribution is -0.688. The van der Waals surface area contributed by atoms with Crippen LogP contribution in [0.5, 0.6) is 0 Å². The second-order valence-electron chi connectivity index (χ2n) is 5.55. The molecular formula is C19H15N2O+. The number of ketones is 1. The third-order valence-electron chi connectivity index (χ3n) is 4.07.